The molecule has 0 amide bonds. The van der Waals surface area contributed by atoms with Crippen molar-refractivity contribution in [2.75, 3.05) is 0 Å². The summed E-state index contributed by atoms with van der Waals surface area (Å²) >= 11 is 0. The molecule has 3 nitrogen and oxygen atoms in total. The lowest BCUT2D eigenvalue weighted by Crippen LogP contribution is -2.07. The number of benzene rings is 2. The van der Waals surface area contributed by atoms with Crippen LogP contribution in [-0.4, -0.2) is 15.6 Å². The van der Waals surface area contributed by atoms with Crippen molar-refractivity contribution in [1.82, 2.24) is 4.57 Å². The van der Waals surface area contributed by atoms with E-state index in [-0.39, 0.29) is 0 Å². The van der Waals surface area contributed by atoms with Crippen LogP contribution in [-0.2, 0) is 13.5 Å². The fourth-order valence-corrected chi connectivity index (χ4v) is 3.44. The van der Waals surface area contributed by atoms with Gasteiger partial charge in [-0.3, -0.25) is 0 Å². The van der Waals surface area contributed by atoms with Gasteiger partial charge in [-0.15, -0.1) is 0 Å². The zero-order valence-corrected chi connectivity index (χ0v) is 14.2. The maximum atomic E-state index is 11.8. The van der Waals surface area contributed by atoms with Crippen LogP contribution in [0.4, 0.5) is 0 Å². The Morgan fingerprint density at radius 1 is 0.958 bits per heavy atom. The minimum atomic E-state index is -0.887. The van der Waals surface area contributed by atoms with Gasteiger partial charge in [-0.1, -0.05) is 61.5 Å². The molecule has 0 spiro atoms. The van der Waals surface area contributed by atoms with Gasteiger partial charge in [0.1, 0.15) is 5.69 Å². The van der Waals surface area contributed by atoms with Gasteiger partial charge in [0.05, 0.1) is 0 Å². The van der Waals surface area contributed by atoms with Crippen molar-refractivity contribution < 1.29 is 9.90 Å². The van der Waals surface area contributed by atoms with E-state index >= 15 is 0 Å². The molecule has 122 valence electrons. The number of rotatable bonds is 4. The van der Waals surface area contributed by atoms with Crippen LogP contribution in [0.25, 0.3) is 22.3 Å². The standard InChI is InChI=1S/C21H21NO2/c1-4-18-14(2)19(20(21(23)24)22(18)3)17-12-10-16(11-13-17)15-8-6-5-7-9-15/h5-13H,4H2,1-3H3,(H,23,24). The van der Waals surface area contributed by atoms with Crippen LogP contribution in [0.3, 0.4) is 0 Å². The molecule has 24 heavy (non-hydrogen) atoms. The predicted molar refractivity (Wildman–Crippen MR) is 97.4 cm³/mol. The first kappa shape index (κ1) is 16.1. The topological polar surface area (TPSA) is 42.2 Å². The highest BCUT2D eigenvalue weighted by Crippen LogP contribution is 2.33. The molecule has 3 rings (SSSR count). The summed E-state index contributed by atoms with van der Waals surface area (Å²) in [6.07, 6.45) is 0.810. The quantitative estimate of drug-likeness (QED) is 0.741. The van der Waals surface area contributed by atoms with E-state index in [4.69, 9.17) is 0 Å². The van der Waals surface area contributed by atoms with Crippen molar-refractivity contribution in [3.63, 3.8) is 0 Å². The molecule has 3 aromatic rings. The molecule has 1 N–H and O–H groups in total. The molecule has 0 unspecified atom stereocenters. The van der Waals surface area contributed by atoms with E-state index < -0.39 is 5.97 Å². The zero-order chi connectivity index (χ0) is 17.3. The Balaban J connectivity index is 2.12. The minimum absolute atomic E-state index is 0.358. The summed E-state index contributed by atoms with van der Waals surface area (Å²) in [4.78, 5) is 11.8. The summed E-state index contributed by atoms with van der Waals surface area (Å²) in [5, 5.41) is 9.65. The van der Waals surface area contributed by atoms with E-state index in [9.17, 15) is 9.90 Å². The predicted octanol–water partition coefficient (Wildman–Crippen LogP) is 4.93. The average molecular weight is 319 g/mol. The highest BCUT2D eigenvalue weighted by molar-refractivity contribution is 5.96. The largest absolute Gasteiger partial charge is 0.477 e. The van der Waals surface area contributed by atoms with Gasteiger partial charge in [0.25, 0.3) is 0 Å². The molecule has 0 fully saturated rings. The van der Waals surface area contributed by atoms with Gasteiger partial charge in [-0.2, -0.15) is 0 Å². The number of carboxylic acid groups (broad SMARTS) is 1. The number of carboxylic acids is 1. The number of hydrogen-bond acceptors (Lipinski definition) is 1. The average Bonchev–Trinajstić information content (AvgIpc) is 2.86. The van der Waals surface area contributed by atoms with Gasteiger partial charge in [0.15, 0.2) is 0 Å². The molecule has 0 saturated heterocycles. The molecular formula is C21H21NO2. The third-order valence-electron chi connectivity index (χ3n) is 4.60. The van der Waals surface area contributed by atoms with Crippen LogP contribution in [0.15, 0.2) is 54.6 Å². The Morgan fingerprint density at radius 3 is 2.04 bits per heavy atom. The second-order valence-corrected chi connectivity index (χ2v) is 5.96. The van der Waals surface area contributed by atoms with Crippen molar-refractivity contribution in [2.45, 2.75) is 20.3 Å². The highest BCUT2D eigenvalue weighted by Gasteiger charge is 2.23. The van der Waals surface area contributed by atoms with Crippen molar-refractivity contribution in [3.8, 4) is 22.3 Å². The summed E-state index contributed by atoms with van der Waals surface area (Å²) in [6.45, 7) is 4.06. The van der Waals surface area contributed by atoms with Gasteiger partial charge in [-0.25, -0.2) is 4.79 Å². The lowest BCUT2D eigenvalue weighted by Gasteiger charge is -2.07. The highest BCUT2D eigenvalue weighted by atomic mass is 16.4. The molecule has 0 saturated carbocycles. The Morgan fingerprint density at radius 2 is 1.50 bits per heavy atom. The second kappa shape index (κ2) is 6.36. The van der Waals surface area contributed by atoms with E-state index in [0.717, 1.165) is 39.9 Å². The SMILES string of the molecule is CCc1c(C)c(-c2ccc(-c3ccccc3)cc2)c(C(=O)O)n1C. The monoisotopic (exact) mass is 319 g/mol. The van der Waals surface area contributed by atoms with E-state index in [0.29, 0.717) is 5.69 Å². The second-order valence-electron chi connectivity index (χ2n) is 5.96. The molecule has 0 aliphatic heterocycles. The number of nitrogens with zero attached hydrogens (tertiary/aromatic N) is 1. The first-order valence-corrected chi connectivity index (χ1v) is 8.11. The summed E-state index contributed by atoms with van der Waals surface area (Å²) in [5.74, 6) is -0.887. The molecule has 1 aromatic heterocycles. The molecule has 0 atom stereocenters. The summed E-state index contributed by atoms with van der Waals surface area (Å²) in [7, 11) is 1.83. The molecule has 0 aliphatic rings. The van der Waals surface area contributed by atoms with Gasteiger partial charge in [0.2, 0.25) is 0 Å². The summed E-state index contributed by atoms with van der Waals surface area (Å²) < 4.78 is 1.80. The van der Waals surface area contributed by atoms with Crippen LogP contribution in [0, 0.1) is 6.92 Å². The zero-order valence-electron chi connectivity index (χ0n) is 14.2. The van der Waals surface area contributed by atoms with Gasteiger partial charge < -0.3 is 9.67 Å². The van der Waals surface area contributed by atoms with Crippen molar-refractivity contribution in [3.05, 3.63) is 71.5 Å². The van der Waals surface area contributed by atoms with Crippen LogP contribution in [0.5, 0.6) is 0 Å². The van der Waals surface area contributed by atoms with E-state index in [1.807, 2.05) is 56.4 Å². The molecule has 0 bridgehead atoms. The number of aromatic nitrogens is 1. The van der Waals surface area contributed by atoms with E-state index in [2.05, 4.69) is 19.1 Å². The maximum absolute atomic E-state index is 11.8. The van der Waals surface area contributed by atoms with Crippen LogP contribution < -0.4 is 0 Å². The first-order chi connectivity index (χ1) is 11.5. The van der Waals surface area contributed by atoms with Crippen LogP contribution >= 0.6 is 0 Å². The summed E-state index contributed by atoms with van der Waals surface area (Å²) in [6, 6.07) is 18.3. The molecule has 1 heterocycles. The Hall–Kier alpha value is -2.81. The van der Waals surface area contributed by atoms with E-state index in [1.165, 1.54) is 0 Å². The van der Waals surface area contributed by atoms with E-state index in [1.54, 1.807) is 4.57 Å². The fraction of sp³-hybridized carbons (Fsp3) is 0.190. The third-order valence-corrected chi connectivity index (χ3v) is 4.60. The van der Waals surface area contributed by atoms with Crippen molar-refractivity contribution >= 4 is 5.97 Å². The Kier molecular flexibility index (Phi) is 4.26. The van der Waals surface area contributed by atoms with Crippen molar-refractivity contribution in [1.29, 1.82) is 0 Å². The van der Waals surface area contributed by atoms with Gasteiger partial charge in [-0.05, 0) is 35.6 Å². The third kappa shape index (κ3) is 2.62. The summed E-state index contributed by atoms with van der Waals surface area (Å²) in [5.41, 5.74) is 6.51. The lowest BCUT2D eigenvalue weighted by molar-refractivity contribution is 0.0687. The van der Waals surface area contributed by atoms with Gasteiger partial charge in [0, 0.05) is 18.3 Å². The molecular weight excluding hydrogens is 298 g/mol. The number of hydrogen-bond donors (Lipinski definition) is 1. The molecule has 0 aliphatic carbocycles. The first-order valence-electron chi connectivity index (χ1n) is 8.11. The normalized spacial score (nSPS) is 10.8. The fourth-order valence-electron chi connectivity index (χ4n) is 3.44. The Bertz CT molecular complexity index is 874. The minimum Gasteiger partial charge on any atom is -0.477 e. The Labute approximate surface area is 142 Å². The lowest BCUT2D eigenvalue weighted by atomic mass is 9.97. The molecule has 2 aromatic carbocycles. The maximum Gasteiger partial charge on any atom is 0.353 e. The smallest absolute Gasteiger partial charge is 0.353 e. The molecule has 0 radical (unpaired) electrons. The van der Waals surface area contributed by atoms with Gasteiger partial charge >= 0.3 is 5.97 Å². The number of carbonyl (C=O) groups is 1. The van der Waals surface area contributed by atoms with Crippen molar-refractivity contribution in [2.24, 2.45) is 7.05 Å². The van der Waals surface area contributed by atoms with Crippen LogP contribution in [0.2, 0.25) is 0 Å². The number of aromatic carboxylic acids is 1. The molecule has 3 heteroatoms. The van der Waals surface area contributed by atoms with Crippen LogP contribution in [0.1, 0.15) is 28.7 Å².